The number of carbonyl (C=O) groups is 1. The van der Waals surface area contributed by atoms with E-state index in [1.165, 1.54) is 11.3 Å². The molecule has 0 bridgehead atoms. The molecule has 5 nitrogen and oxygen atoms in total. The number of carbonyl (C=O) groups excluding carboxylic acids is 1. The molecule has 0 aliphatic heterocycles. The number of rotatable bonds is 2. The lowest BCUT2D eigenvalue weighted by atomic mass is 10.2. The van der Waals surface area contributed by atoms with Crippen molar-refractivity contribution in [2.24, 2.45) is 7.05 Å². The molecule has 0 saturated carbocycles. The van der Waals surface area contributed by atoms with Gasteiger partial charge < -0.3 is 11.1 Å². The second-order valence-electron chi connectivity index (χ2n) is 4.34. The lowest BCUT2D eigenvalue weighted by molar-refractivity contribution is 0.103. The zero-order valence-electron chi connectivity index (χ0n) is 10.6. The van der Waals surface area contributed by atoms with Gasteiger partial charge in [0, 0.05) is 27.8 Å². The van der Waals surface area contributed by atoms with Gasteiger partial charge in [0.15, 0.2) is 0 Å². The molecule has 1 amide bonds. The summed E-state index contributed by atoms with van der Waals surface area (Å²) in [6.45, 7) is 0. The van der Waals surface area contributed by atoms with Crippen LogP contribution >= 0.6 is 27.3 Å². The van der Waals surface area contributed by atoms with Gasteiger partial charge in [-0.15, -0.1) is 11.3 Å². The minimum Gasteiger partial charge on any atom is -0.397 e. The number of amides is 1. The van der Waals surface area contributed by atoms with Gasteiger partial charge in [0.25, 0.3) is 5.91 Å². The van der Waals surface area contributed by atoms with Crippen molar-refractivity contribution in [1.82, 2.24) is 9.78 Å². The highest BCUT2D eigenvalue weighted by Crippen LogP contribution is 2.35. The van der Waals surface area contributed by atoms with Crippen molar-refractivity contribution < 1.29 is 4.79 Å². The maximum Gasteiger partial charge on any atom is 0.267 e. The molecule has 0 aliphatic carbocycles. The summed E-state index contributed by atoms with van der Waals surface area (Å²) < 4.78 is 3.55. The van der Waals surface area contributed by atoms with Crippen molar-refractivity contribution >= 4 is 54.6 Å². The molecule has 0 atom stereocenters. The average Bonchev–Trinajstić information content (AvgIpc) is 2.94. The number of hydrogen-bond acceptors (Lipinski definition) is 4. The maximum atomic E-state index is 12.3. The highest BCUT2D eigenvalue weighted by atomic mass is 79.9. The standard InChI is InChI=1S/C13H11BrN4OS/c1-18-6-8(5-16-18)17-13(19)12-11(15)9-4-7(14)2-3-10(9)20-12/h2-6H,15H2,1H3,(H,17,19). The third kappa shape index (κ3) is 2.30. The summed E-state index contributed by atoms with van der Waals surface area (Å²) in [4.78, 5) is 12.8. The molecule has 3 N–H and O–H groups in total. The fraction of sp³-hybridized carbons (Fsp3) is 0.0769. The van der Waals surface area contributed by atoms with E-state index in [0.717, 1.165) is 14.6 Å². The molecule has 20 heavy (non-hydrogen) atoms. The number of anilines is 2. The number of halogens is 1. The van der Waals surface area contributed by atoms with Crippen LogP contribution in [0, 0.1) is 0 Å². The van der Waals surface area contributed by atoms with Crippen LogP contribution in [0.4, 0.5) is 11.4 Å². The first-order chi connectivity index (χ1) is 9.54. The molecule has 0 unspecified atom stereocenters. The molecular formula is C13H11BrN4OS. The smallest absolute Gasteiger partial charge is 0.267 e. The molecule has 0 saturated heterocycles. The first-order valence-electron chi connectivity index (χ1n) is 5.82. The van der Waals surface area contributed by atoms with E-state index in [9.17, 15) is 4.79 Å². The predicted octanol–water partition coefficient (Wildman–Crippen LogP) is 3.23. The van der Waals surface area contributed by atoms with E-state index in [1.807, 2.05) is 18.2 Å². The molecule has 0 spiro atoms. The van der Waals surface area contributed by atoms with Crippen molar-refractivity contribution in [3.8, 4) is 0 Å². The fourth-order valence-corrected chi connectivity index (χ4v) is 3.29. The van der Waals surface area contributed by atoms with Gasteiger partial charge in [-0.25, -0.2) is 0 Å². The van der Waals surface area contributed by atoms with E-state index < -0.39 is 0 Å². The summed E-state index contributed by atoms with van der Waals surface area (Å²) in [6, 6.07) is 5.80. The Bertz CT molecular complexity index is 808. The van der Waals surface area contributed by atoms with E-state index >= 15 is 0 Å². The van der Waals surface area contributed by atoms with Gasteiger partial charge in [-0.3, -0.25) is 9.48 Å². The molecule has 0 fully saturated rings. The largest absolute Gasteiger partial charge is 0.397 e. The normalized spacial score (nSPS) is 10.9. The maximum absolute atomic E-state index is 12.3. The minimum absolute atomic E-state index is 0.215. The summed E-state index contributed by atoms with van der Waals surface area (Å²) in [5, 5.41) is 7.69. The van der Waals surface area contributed by atoms with Crippen LogP contribution in [0.25, 0.3) is 10.1 Å². The Morgan fingerprint density at radius 2 is 2.30 bits per heavy atom. The van der Waals surface area contributed by atoms with Gasteiger partial charge in [-0.05, 0) is 18.2 Å². The van der Waals surface area contributed by atoms with Crippen molar-refractivity contribution in [3.63, 3.8) is 0 Å². The lowest BCUT2D eigenvalue weighted by Gasteiger charge is -2.00. The first-order valence-corrected chi connectivity index (χ1v) is 7.43. The molecule has 0 aliphatic rings. The van der Waals surface area contributed by atoms with E-state index in [1.54, 1.807) is 24.1 Å². The Labute approximate surface area is 127 Å². The number of nitrogens with one attached hydrogen (secondary N) is 1. The van der Waals surface area contributed by atoms with Crippen molar-refractivity contribution in [1.29, 1.82) is 0 Å². The molecule has 2 heterocycles. The second-order valence-corrected chi connectivity index (χ2v) is 6.31. The Balaban J connectivity index is 1.97. The van der Waals surface area contributed by atoms with Crippen LogP contribution in [0.15, 0.2) is 35.1 Å². The number of aromatic nitrogens is 2. The van der Waals surface area contributed by atoms with E-state index in [4.69, 9.17) is 5.73 Å². The van der Waals surface area contributed by atoms with Gasteiger partial charge in [0.05, 0.1) is 17.6 Å². The quantitative estimate of drug-likeness (QED) is 0.745. The summed E-state index contributed by atoms with van der Waals surface area (Å²) in [6.07, 6.45) is 3.33. The molecule has 102 valence electrons. The summed E-state index contributed by atoms with van der Waals surface area (Å²) >= 11 is 4.79. The number of benzene rings is 1. The summed E-state index contributed by atoms with van der Waals surface area (Å²) in [5.74, 6) is -0.215. The molecule has 3 aromatic rings. The van der Waals surface area contributed by atoms with Crippen LogP contribution in [-0.4, -0.2) is 15.7 Å². The lowest BCUT2D eigenvalue weighted by Crippen LogP contribution is -2.11. The van der Waals surface area contributed by atoms with E-state index in [0.29, 0.717) is 16.3 Å². The number of nitrogens with two attached hydrogens (primary N) is 1. The fourth-order valence-electron chi connectivity index (χ4n) is 1.93. The Morgan fingerprint density at radius 3 is 3.00 bits per heavy atom. The second kappa shape index (κ2) is 4.92. The molecular weight excluding hydrogens is 340 g/mol. The highest BCUT2D eigenvalue weighted by molar-refractivity contribution is 9.10. The molecule has 1 aromatic carbocycles. The predicted molar refractivity (Wildman–Crippen MR) is 85.1 cm³/mol. The van der Waals surface area contributed by atoms with Crippen LogP contribution in [0.3, 0.4) is 0 Å². The summed E-state index contributed by atoms with van der Waals surface area (Å²) in [7, 11) is 1.79. The molecule has 7 heteroatoms. The molecule has 3 rings (SSSR count). The zero-order chi connectivity index (χ0) is 14.3. The number of nitrogens with zero attached hydrogens (tertiary/aromatic N) is 2. The number of fused-ring (bicyclic) bond motifs is 1. The van der Waals surface area contributed by atoms with Gasteiger partial charge in [-0.2, -0.15) is 5.10 Å². The van der Waals surface area contributed by atoms with Crippen molar-refractivity contribution in [2.45, 2.75) is 0 Å². The minimum atomic E-state index is -0.215. The van der Waals surface area contributed by atoms with Crippen LogP contribution in [0.1, 0.15) is 9.67 Å². The highest BCUT2D eigenvalue weighted by Gasteiger charge is 2.17. The van der Waals surface area contributed by atoms with Gasteiger partial charge in [0.2, 0.25) is 0 Å². The van der Waals surface area contributed by atoms with Gasteiger partial charge in [0.1, 0.15) is 4.88 Å². The average molecular weight is 351 g/mol. The Kier molecular flexibility index (Phi) is 3.23. The van der Waals surface area contributed by atoms with Crippen LogP contribution < -0.4 is 11.1 Å². The monoisotopic (exact) mass is 350 g/mol. The Morgan fingerprint density at radius 1 is 1.50 bits per heavy atom. The topological polar surface area (TPSA) is 72.9 Å². The summed E-state index contributed by atoms with van der Waals surface area (Å²) in [5.41, 5.74) is 7.23. The third-order valence-corrected chi connectivity index (χ3v) is 4.54. The number of hydrogen-bond donors (Lipinski definition) is 2. The first kappa shape index (κ1) is 13.1. The van der Waals surface area contributed by atoms with Crippen molar-refractivity contribution in [3.05, 3.63) is 39.9 Å². The van der Waals surface area contributed by atoms with Crippen LogP contribution in [-0.2, 0) is 7.05 Å². The Hall–Kier alpha value is -1.86. The molecule has 0 radical (unpaired) electrons. The number of nitrogen functional groups attached to an aromatic ring is 1. The van der Waals surface area contributed by atoms with Gasteiger partial charge in [-0.1, -0.05) is 15.9 Å². The number of thiophene rings is 1. The third-order valence-electron chi connectivity index (χ3n) is 2.86. The SMILES string of the molecule is Cn1cc(NC(=O)c2sc3ccc(Br)cc3c2N)cn1. The molecule has 2 aromatic heterocycles. The zero-order valence-corrected chi connectivity index (χ0v) is 13.0. The van der Waals surface area contributed by atoms with E-state index in [-0.39, 0.29) is 5.91 Å². The van der Waals surface area contributed by atoms with Crippen molar-refractivity contribution in [2.75, 3.05) is 11.1 Å². The number of aryl methyl sites for hydroxylation is 1. The van der Waals surface area contributed by atoms with E-state index in [2.05, 4.69) is 26.3 Å². The van der Waals surface area contributed by atoms with Gasteiger partial charge >= 0.3 is 0 Å². The van der Waals surface area contributed by atoms with Crippen LogP contribution in [0.5, 0.6) is 0 Å². The van der Waals surface area contributed by atoms with Crippen LogP contribution in [0.2, 0.25) is 0 Å².